The standard InChI is InChI=1S/C22H27FN3O9P/c1-4-10-32-21(29)14(3)25-36(31,35-15-8-6-5-7-9-15)33-12-16-18(27)17(23)20(34-16)26-11-13(2)19(28)24-22(26)30/h4-9,11,14,16-18,20,27H,1,10,12H2,2-3H3,(H,25,31)(H,24,28,30)/t14-,16-,17+,18-,20-,36?/m0/s1. The zero-order chi connectivity index (χ0) is 26.5. The molecule has 1 aliphatic heterocycles. The van der Waals surface area contributed by atoms with Crippen molar-refractivity contribution in [3.63, 3.8) is 0 Å². The van der Waals surface area contributed by atoms with Gasteiger partial charge in [0, 0.05) is 11.8 Å². The molecule has 0 aliphatic carbocycles. The van der Waals surface area contributed by atoms with E-state index < -0.39 is 62.2 Å². The Morgan fingerprint density at radius 3 is 2.75 bits per heavy atom. The van der Waals surface area contributed by atoms with E-state index in [1.54, 1.807) is 18.2 Å². The minimum absolute atomic E-state index is 0.0689. The van der Waals surface area contributed by atoms with Gasteiger partial charge in [0.1, 0.15) is 30.6 Å². The van der Waals surface area contributed by atoms with Crippen LogP contribution in [0.5, 0.6) is 5.75 Å². The van der Waals surface area contributed by atoms with Gasteiger partial charge in [-0.3, -0.25) is 23.7 Å². The van der Waals surface area contributed by atoms with Gasteiger partial charge in [-0.05, 0) is 26.0 Å². The quantitative estimate of drug-likeness (QED) is 0.221. The van der Waals surface area contributed by atoms with Crippen LogP contribution in [0.15, 0.2) is 58.8 Å². The number of nitrogens with zero attached hydrogens (tertiary/aromatic N) is 1. The number of halogens is 1. The van der Waals surface area contributed by atoms with E-state index in [0.29, 0.717) is 0 Å². The third-order valence-electron chi connectivity index (χ3n) is 5.14. The van der Waals surface area contributed by atoms with Crippen LogP contribution in [0.1, 0.15) is 18.7 Å². The van der Waals surface area contributed by atoms with Crippen LogP contribution >= 0.6 is 7.75 Å². The van der Waals surface area contributed by atoms with Gasteiger partial charge in [-0.2, -0.15) is 5.09 Å². The molecule has 36 heavy (non-hydrogen) atoms. The van der Waals surface area contributed by atoms with Crippen LogP contribution < -0.4 is 20.9 Å². The molecule has 0 amide bonds. The number of carbonyl (C=O) groups excluding carboxylic acids is 1. The highest BCUT2D eigenvalue weighted by molar-refractivity contribution is 7.52. The number of benzene rings is 1. The molecule has 14 heteroatoms. The summed E-state index contributed by atoms with van der Waals surface area (Å²) >= 11 is 0. The van der Waals surface area contributed by atoms with E-state index in [1.165, 1.54) is 32.1 Å². The molecule has 0 saturated carbocycles. The molecular formula is C22H27FN3O9P. The number of nitrogens with one attached hydrogen (secondary N) is 2. The number of aromatic amines is 1. The highest BCUT2D eigenvalue weighted by Crippen LogP contribution is 2.46. The lowest BCUT2D eigenvalue weighted by atomic mass is 10.1. The Kier molecular flexibility index (Phi) is 8.98. The maximum atomic E-state index is 14.9. The molecule has 1 aromatic carbocycles. The predicted molar refractivity (Wildman–Crippen MR) is 125 cm³/mol. The first-order valence-electron chi connectivity index (χ1n) is 10.9. The average molecular weight is 527 g/mol. The van der Waals surface area contributed by atoms with E-state index >= 15 is 0 Å². The molecule has 0 spiro atoms. The zero-order valence-corrected chi connectivity index (χ0v) is 20.4. The van der Waals surface area contributed by atoms with Crippen LogP contribution in [-0.2, 0) is 23.4 Å². The monoisotopic (exact) mass is 527 g/mol. The van der Waals surface area contributed by atoms with Crippen molar-refractivity contribution in [3.8, 4) is 5.75 Å². The average Bonchev–Trinajstić information content (AvgIpc) is 3.12. The van der Waals surface area contributed by atoms with Crippen molar-refractivity contribution in [1.29, 1.82) is 0 Å². The minimum Gasteiger partial charge on any atom is -0.460 e. The van der Waals surface area contributed by atoms with Crippen LogP contribution in [-0.4, -0.2) is 58.3 Å². The van der Waals surface area contributed by atoms with Crippen LogP contribution in [0.25, 0.3) is 0 Å². The number of esters is 1. The lowest BCUT2D eigenvalue weighted by Crippen LogP contribution is -2.37. The van der Waals surface area contributed by atoms with Gasteiger partial charge < -0.3 is 19.1 Å². The van der Waals surface area contributed by atoms with Crippen molar-refractivity contribution in [3.05, 3.63) is 75.6 Å². The summed E-state index contributed by atoms with van der Waals surface area (Å²) in [4.78, 5) is 37.9. The zero-order valence-electron chi connectivity index (χ0n) is 19.5. The summed E-state index contributed by atoms with van der Waals surface area (Å²) in [5.41, 5.74) is -1.45. The maximum Gasteiger partial charge on any atom is 0.459 e. The molecule has 12 nitrogen and oxygen atoms in total. The fraction of sp³-hybridized carbons (Fsp3) is 0.409. The van der Waals surface area contributed by atoms with Gasteiger partial charge in [-0.25, -0.2) is 13.8 Å². The Morgan fingerprint density at radius 1 is 1.39 bits per heavy atom. The van der Waals surface area contributed by atoms with Crippen molar-refractivity contribution < 1.29 is 37.4 Å². The number of para-hydroxylation sites is 1. The third-order valence-corrected chi connectivity index (χ3v) is 6.78. The first-order valence-corrected chi connectivity index (χ1v) is 12.4. The molecular weight excluding hydrogens is 500 g/mol. The Morgan fingerprint density at radius 2 is 2.08 bits per heavy atom. The first-order chi connectivity index (χ1) is 17.0. The highest BCUT2D eigenvalue weighted by Gasteiger charge is 2.47. The van der Waals surface area contributed by atoms with Gasteiger partial charge in [0.25, 0.3) is 5.56 Å². The smallest absolute Gasteiger partial charge is 0.459 e. The molecule has 3 rings (SSSR count). The number of H-pyrrole nitrogens is 1. The highest BCUT2D eigenvalue weighted by atomic mass is 31.2. The number of aliphatic hydroxyl groups is 1. The molecule has 1 fully saturated rings. The fourth-order valence-corrected chi connectivity index (χ4v) is 4.78. The van der Waals surface area contributed by atoms with Gasteiger partial charge in [0.2, 0.25) is 0 Å². The Bertz CT molecular complexity index is 1240. The molecule has 196 valence electrons. The Hall–Kier alpha value is -3.09. The summed E-state index contributed by atoms with van der Waals surface area (Å²) in [5, 5.41) is 12.8. The fourth-order valence-electron chi connectivity index (χ4n) is 3.28. The van der Waals surface area contributed by atoms with Gasteiger partial charge in [-0.15, -0.1) is 0 Å². The molecule has 1 aliphatic rings. The van der Waals surface area contributed by atoms with Gasteiger partial charge in [-0.1, -0.05) is 30.9 Å². The third kappa shape index (κ3) is 6.56. The van der Waals surface area contributed by atoms with Crippen LogP contribution in [0.2, 0.25) is 0 Å². The number of aromatic nitrogens is 2. The molecule has 2 aromatic rings. The molecule has 1 saturated heterocycles. The van der Waals surface area contributed by atoms with E-state index in [9.17, 15) is 28.4 Å². The number of hydrogen-bond donors (Lipinski definition) is 3. The number of alkyl halides is 1. The summed E-state index contributed by atoms with van der Waals surface area (Å²) in [6, 6.07) is 6.79. The summed E-state index contributed by atoms with van der Waals surface area (Å²) < 4.78 is 50.5. The number of carbonyl (C=O) groups is 1. The van der Waals surface area contributed by atoms with E-state index in [4.69, 9.17) is 18.5 Å². The Labute approximate surface area is 205 Å². The van der Waals surface area contributed by atoms with E-state index in [2.05, 4.69) is 11.7 Å². The second-order valence-corrected chi connectivity index (χ2v) is 9.64. The van der Waals surface area contributed by atoms with Gasteiger partial charge in [0.05, 0.1) is 6.61 Å². The molecule has 6 atom stereocenters. The second kappa shape index (κ2) is 11.8. The number of aryl methyl sites for hydroxylation is 1. The number of rotatable bonds is 11. The van der Waals surface area contributed by atoms with Crippen molar-refractivity contribution in [2.45, 2.75) is 44.5 Å². The molecule has 1 aromatic heterocycles. The normalized spacial score (nSPS) is 24.0. The molecule has 2 heterocycles. The summed E-state index contributed by atoms with van der Waals surface area (Å²) in [6.45, 7) is 5.52. The summed E-state index contributed by atoms with van der Waals surface area (Å²) in [6.07, 6.45) is -4.32. The maximum absolute atomic E-state index is 14.9. The summed E-state index contributed by atoms with van der Waals surface area (Å²) in [5.74, 6) is -0.617. The first kappa shape index (κ1) is 27.5. The SMILES string of the molecule is C=CCOC(=O)[C@H](C)NP(=O)(OC[C@@H]1O[C@H](n2cc(C)c(=O)[nH]c2=O)[C@H](F)[C@H]1O)Oc1ccccc1. The molecule has 1 unspecified atom stereocenters. The number of aliphatic hydroxyl groups excluding tert-OH is 1. The van der Waals surface area contributed by atoms with Crippen LogP contribution in [0.4, 0.5) is 4.39 Å². The minimum atomic E-state index is -4.30. The lowest BCUT2D eigenvalue weighted by molar-refractivity contribution is -0.144. The van der Waals surface area contributed by atoms with Crippen LogP contribution in [0.3, 0.4) is 0 Å². The van der Waals surface area contributed by atoms with Crippen LogP contribution in [0, 0.1) is 6.92 Å². The predicted octanol–water partition coefficient (Wildman–Crippen LogP) is 1.35. The molecule has 0 bridgehead atoms. The van der Waals surface area contributed by atoms with Gasteiger partial charge in [0.15, 0.2) is 12.4 Å². The van der Waals surface area contributed by atoms with E-state index in [0.717, 1.165) is 10.8 Å². The van der Waals surface area contributed by atoms with Crippen molar-refractivity contribution in [2.24, 2.45) is 0 Å². The molecule has 3 N–H and O–H groups in total. The lowest BCUT2D eigenvalue weighted by Gasteiger charge is -2.24. The summed E-state index contributed by atoms with van der Waals surface area (Å²) in [7, 11) is -4.30. The second-order valence-electron chi connectivity index (χ2n) is 7.95. The van der Waals surface area contributed by atoms with E-state index in [1.807, 2.05) is 4.98 Å². The largest absolute Gasteiger partial charge is 0.460 e. The molecule has 0 radical (unpaired) electrons. The number of hydrogen-bond acceptors (Lipinski definition) is 9. The van der Waals surface area contributed by atoms with Crippen molar-refractivity contribution in [2.75, 3.05) is 13.2 Å². The van der Waals surface area contributed by atoms with Gasteiger partial charge >= 0.3 is 19.4 Å². The van der Waals surface area contributed by atoms with Crippen molar-refractivity contribution in [1.82, 2.24) is 14.6 Å². The topological polar surface area (TPSA) is 158 Å². The van der Waals surface area contributed by atoms with Crippen molar-refractivity contribution >= 4 is 13.7 Å². The Balaban J connectivity index is 1.77. The van der Waals surface area contributed by atoms with E-state index in [-0.39, 0.29) is 17.9 Å². The number of ether oxygens (including phenoxy) is 2.